The third-order valence-corrected chi connectivity index (χ3v) is 4.58. The molecule has 0 aliphatic carbocycles. The Balaban J connectivity index is 2.19. The maximum Gasteiger partial charge on any atom is 0.185 e. The van der Waals surface area contributed by atoms with Crippen molar-refractivity contribution in [2.45, 2.75) is 19.9 Å². The molecule has 1 unspecified atom stereocenters. The molecule has 4 nitrogen and oxygen atoms in total. The average molecular weight is 394 g/mol. The van der Waals surface area contributed by atoms with Gasteiger partial charge in [0.25, 0.3) is 0 Å². The maximum atomic E-state index is 5.18. The van der Waals surface area contributed by atoms with Gasteiger partial charge in [-0.05, 0) is 31.5 Å². The van der Waals surface area contributed by atoms with E-state index in [4.69, 9.17) is 9.47 Å². The normalized spacial score (nSPS) is 12.8. The summed E-state index contributed by atoms with van der Waals surface area (Å²) in [6.07, 6.45) is 7.43. The first-order valence-electron chi connectivity index (χ1n) is 10.0. The highest BCUT2D eigenvalue weighted by molar-refractivity contribution is 5.65. The Morgan fingerprint density at radius 3 is 2.10 bits per heavy atom. The van der Waals surface area contributed by atoms with Gasteiger partial charge in [0, 0.05) is 20.8 Å². The summed E-state index contributed by atoms with van der Waals surface area (Å²) in [5, 5.41) is 6.96. The molecular weight excluding hydrogens is 360 g/mol. The average Bonchev–Trinajstić information content (AvgIpc) is 2.73. The van der Waals surface area contributed by atoms with E-state index in [1.54, 1.807) is 14.2 Å². The molecule has 0 fully saturated rings. The largest absolute Gasteiger partial charge is 0.383 e. The lowest BCUT2D eigenvalue weighted by atomic mass is 10.0. The summed E-state index contributed by atoms with van der Waals surface area (Å²) in [6.45, 7) is 7.02. The van der Waals surface area contributed by atoms with Crippen LogP contribution in [0.5, 0.6) is 0 Å². The Labute approximate surface area is 175 Å². The molecule has 2 aromatic rings. The molecule has 0 saturated heterocycles. The van der Waals surface area contributed by atoms with Crippen LogP contribution in [-0.4, -0.2) is 40.5 Å². The van der Waals surface area contributed by atoms with E-state index < -0.39 is 0 Å². The molecule has 2 rings (SSSR count). The van der Waals surface area contributed by atoms with Crippen LogP contribution in [0.3, 0.4) is 0 Å². The second-order valence-electron chi connectivity index (χ2n) is 7.01. The molecule has 0 aromatic heterocycles. The predicted molar refractivity (Wildman–Crippen MR) is 121 cm³/mol. The van der Waals surface area contributed by atoms with Crippen LogP contribution in [0.25, 0.3) is 5.70 Å². The van der Waals surface area contributed by atoms with E-state index in [1.165, 1.54) is 16.7 Å². The van der Waals surface area contributed by atoms with Crippen LogP contribution in [-0.2, 0) is 9.47 Å². The lowest BCUT2D eigenvalue weighted by Gasteiger charge is -2.13. The molecule has 0 saturated carbocycles. The van der Waals surface area contributed by atoms with Crippen molar-refractivity contribution in [2.24, 2.45) is 0 Å². The zero-order chi connectivity index (χ0) is 20.9. The van der Waals surface area contributed by atoms with Gasteiger partial charge < -0.3 is 20.1 Å². The quantitative estimate of drug-likeness (QED) is 0.322. The zero-order valence-corrected chi connectivity index (χ0v) is 18.0. The van der Waals surface area contributed by atoms with E-state index in [2.05, 4.69) is 85.2 Å². The van der Waals surface area contributed by atoms with Gasteiger partial charge in [0.2, 0.25) is 0 Å². The van der Waals surface area contributed by atoms with Gasteiger partial charge in [-0.15, -0.1) is 0 Å². The van der Waals surface area contributed by atoms with Crippen LogP contribution in [0.2, 0.25) is 0 Å². The van der Waals surface area contributed by atoms with Crippen LogP contribution in [0.1, 0.15) is 28.3 Å². The van der Waals surface area contributed by atoms with Gasteiger partial charge in [0.05, 0.1) is 43.5 Å². The van der Waals surface area contributed by atoms with Gasteiger partial charge in [0.1, 0.15) is 0 Å². The zero-order valence-electron chi connectivity index (χ0n) is 18.0. The number of hydrogen-bond donors (Lipinski definition) is 2. The second-order valence-corrected chi connectivity index (χ2v) is 7.01. The monoisotopic (exact) mass is 393 g/mol. The number of allylic oxidation sites excluding steroid dienone is 2. The summed E-state index contributed by atoms with van der Waals surface area (Å²) in [4.78, 5) is 0. The fraction of sp³-hybridized carbons (Fsp3) is 0.360. The van der Waals surface area contributed by atoms with Gasteiger partial charge in [0.15, 0.2) is 11.8 Å². The van der Waals surface area contributed by atoms with Crippen LogP contribution >= 0.6 is 0 Å². The highest BCUT2D eigenvalue weighted by atomic mass is 16.5. The number of methoxy groups -OCH3 is 2. The Morgan fingerprint density at radius 1 is 0.897 bits per heavy atom. The summed E-state index contributed by atoms with van der Waals surface area (Å²) in [5.74, 6) is 0. The molecule has 0 spiro atoms. The molecule has 154 valence electrons. The second kappa shape index (κ2) is 12.9. The molecule has 29 heavy (non-hydrogen) atoms. The first-order valence-corrected chi connectivity index (χ1v) is 10.0. The van der Waals surface area contributed by atoms with Crippen molar-refractivity contribution in [1.82, 2.24) is 10.6 Å². The van der Waals surface area contributed by atoms with Crippen molar-refractivity contribution < 1.29 is 9.47 Å². The Hall–Kier alpha value is -2.49. The fourth-order valence-corrected chi connectivity index (χ4v) is 2.85. The van der Waals surface area contributed by atoms with E-state index in [-0.39, 0.29) is 6.04 Å². The van der Waals surface area contributed by atoms with E-state index in [9.17, 15) is 0 Å². The molecule has 0 heterocycles. The molecular formula is C25H33N2O2+. The summed E-state index contributed by atoms with van der Waals surface area (Å²) in [6, 6.07) is 17.1. The van der Waals surface area contributed by atoms with E-state index >= 15 is 0 Å². The number of ether oxygens (including phenoxy) is 2. The van der Waals surface area contributed by atoms with Gasteiger partial charge >= 0.3 is 0 Å². The highest BCUT2D eigenvalue weighted by Crippen LogP contribution is 2.17. The standard InChI is InChI=1S/C25H33N2O2/c1-20-8-12-22(13-9-20)24(26-16-18-28-3)6-5-7-25(27-17-19-29-4)23-14-10-21(2)11-15-23/h6-15,24,26-27H,16-19H2,1-4H3/q+1/b25-7+. The van der Waals surface area contributed by atoms with Gasteiger partial charge in [-0.3, -0.25) is 0 Å². The molecule has 1 atom stereocenters. The van der Waals surface area contributed by atoms with Gasteiger partial charge in [-0.2, -0.15) is 0 Å². The van der Waals surface area contributed by atoms with Crippen molar-refractivity contribution >= 4 is 5.70 Å². The number of nitrogens with one attached hydrogen (secondary N) is 2. The number of benzene rings is 2. The minimum Gasteiger partial charge on any atom is -0.383 e. The third-order valence-electron chi connectivity index (χ3n) is 4.58. The molecule has 0 amide bonds. The van der Waals surface area contributed by atoms with Gasteiger partial charge in [-0.25, -0.2) is 0 Å². The Kier molecular flexibility index (Phi) is 10.1. The topological polar surface area (TPSA) is 42.5 Å². The van der Waals surface area contributed by atoms with Crippen molar-refractivity contribution in [3.05, 3.63) is 89.0 Å². The molecule has 2 N–H and O–H groups in total. The maximum absolute atomic E-state index is 5.18. The fourth-order valence-electron chi connectivity index (χ4n) is 2.85. The van der Waals surface area contributed by atoms with Crippen LogP contribution in [0, 0.1) is 19.9 Å². The molecule has 0 radical (unpaired) electrons. The first kappa shape index (κ1) is 22.8. The van der Waals surface area contributed by atoms with Crippen LogP contribution < -0.4 is 10.6 Å². The van der Waals surface area contributed by atoms with Crippen molar-refractivity contribution in [1.29, 1.82) is 0 Å². The van der Waals surface area contributed by atoms with Crippen LogP contribution in [0.4, 0.5) is 0 Å². The SMILES string of the molecule is COCCN/C(=C/[C+]=CC(NCCOC)c1ccc(C)cc1)c1ccc(C)cc1. The van der Waals surface area contributed by atoms with Crippen LogP contribution in [0.15, 0.2) is 60.7 Å². The number of rotatable bonds is 12. The van der Waals surface area contributed by atoms with Gasteiger partial charge in [-0.1, -0.05) is 47.5 Å². The smallest absolute Gasteiger partial charge is 0.185 e. The highest BCUT2D eigenvalue weighted by Gasteiger charge is 2.12. The number of hydrogen-bond acceptors (Lipinski definition) is 4. The summed E-state index contributed by atoms with van der Waals surface area (Å²) < 4.78 is 10.4. The lowest BCUT2D eigenvalue weighted by Crippen LogP contribution is -2.23. The molecule has 0 bridgehead atoms. The predicted octanol–water partition coefficient (Wildman–Crippen LogP) is 4.22. The summed E-state index contributed by atoms with van der Waals surface area (Å²) >= 11 is 0. The van der Waals surface area contributed by atoms with E-state index in [1.807, 2.05) is 6.08 Å². The Morgan fingerprint density at radius 2 is 1.48 bits per heavy atom. The molecule has 0 aliphatic heterocycles. The molecule has 2 aromatic carbocycles. The van der Waals surface area contributed by atoms with Crippen molar-refractivity contribution in [2.75, 3.05) is 40.5 Å². The Bertz CT molecular complexity index is 764. The van der Waals surface area contributed by atoms with E-state index in [0.29, 0.717) is 13.2 Å². The minimum atomic E-state index is 0.0697. The van der Waals surface area contributed by atoms with Crippen molar-refractivity contribution in [3.8, 4) is 0 Å². The van der Waals surface area contributed by atoms with Crippen molar-refractivity contribution in [3.63, 3.8) is 0 Å². The lowest BCUT2D eigenvalue weighted by molar-refractivity contribution is 0.197. The summed E-state index contributed by atoms with van der Waals surface area (Å²) in [7, 11) is 3.42. The minimum absolute atomic E-state index is 0.0697. The van der Waals surface area contributed by atoms with E-state index in [0.717, 1.165) is 24.4 Å². The first-order chi connectivity index (χ1) is 14.1. The molecule has 4 heteroatoms. The number of aryl methyl sites for hydroxylation is 2. The summed E-state index contributed by atoms with van der Waals surface area (Å²) in [5.41, 5.74) is 5.86. The third kappa shape index (κ3) is 8.18. The molecule has 0 aliphatic rings.